The molecule has 0 aliphatic carbocycles. The highest BCUT2D eigenvalue weighted by molar-refractivity contribution is 7.71. The number of hydrogen-bond acceptors (Lipinski definition) is 6. The highest BCUT2D eigenvalue weighted by Gasteiger charge is 2.15. The molecule has 0 bridgehead atoms. The fraction of sp³-hybridized carbons (Fsp3) is 0.143. The first-order chi connectivity index (χ1) is 11.6. The maximum Gasteiger partial charge on any atom is 0.273 e. The van der Waals surface area contributed by atoms with Gasteiger partial charge in [-0.1, -0.05) is 6.07 Å². The highest BCUT2D eigenvalue weighted by atomic mass is 32.1. The molecule has 0 fully saturated rings. The third-order valence-corrected chi connectivity index (χ3v) is 4.40. The Labute approximate surface area is 145 Å². The lowest BCUT2D eigenvalue weighted by atomic mass is 10.2. The SMILES string of the molecule is Cc1occc1C(=O)NNC(=O)Cn1c(-c2cccs2)n[nH]c1=S. The molecule has 0 atom stereocenters. The molecule has 0 aromatic carbocycles. The summed E-state index contributed by atoms with van der Waals surface area (Å²) in [5, 5.41) is 8.71. The van der Waals surface area contributed by atoms with Gasteiger partial charge in [-0.2, -0.15) is 5.10 Å². The summed E-state index contributed by atoms with van der Waals surface area (Å²) < 4.78 is 6.93. The van der Waals surface area contributed by atoms with Gasteiger partial charge in [0.25, 0.3) is 11.8 Å². The Bertz CT molecular complexity index is 923. The summed E-state index contributed by atoms with van der Waals surface area (Å²) in [6, 6.07) is 5.29. The smallest absolute Gasteiger partial charge is 0.273 e. The molecule has 0 unspecified atom stereocenters. The van der Waals surface area contributed by atoms with Crippen molar-refractivity contribution in [3.8, 4) is 10.7 Å². The summed E-state index contributed by atoms with van der Waals surface area (Å²) in [5.41, 5.74) is 5.04. The summed E-state index contributed by atoms with van der Waals surface area (Å²) in [5.74, 6) is 0.157. The van der Waals surface area contributed by atoms with Crippen molar-refractivity contribution in [3.63, 3.8) is 0 Å². The molecule has 10 heteroatoms. The second-order valence-corrected chi connectivity index (χ2v) is 6.14. The number of nitrogens with one attached hydrogen (secondary N) is 3. The lowest BCUT2D eigenvalue weighted by molar-refractivity contribution is -0.122. The van der Waals surface area contributed by atoms with E-state index < -0.39 is 11.8 Å². The van der Waals surface area contributed by atoms with Crippen molar-refractivity contribution < 1.29 is 14.0 Å². The molecule has 24 heavy (non-hydrogen) atoms. The molecule has 0 saturated carbocycles. The molecule has 0 saturated heterocycles. The van der Waals surface area contributed by atoms with Crippen LogP contribution in [0.4, 0.5) is 0 Å². The number of aromatic amines is 1. The molecule has 0 spiro atoms. The van der Waals surface area contributed by atoms with Crippen molar-refractivity contribution >= 4 is 35.4 Å². The number of amides is 2. The predicted molar refractivity (Wildman–Crippen MR) is 89.8 cm³/mol. The van der Waals surface area contributed by atoms with Crippen LogP contribution in [-0.4, -0.2) is 26.6 Å². The standard InChI is InChI=1S/C14H13N5O3S2/c1-8-9(4-5-22-8)13(21)17-15-11(20)7-19-12(16-18-14(19)23)10-3-2-6-24-10/h2-6H,7H2,1H3,(H,15,20)(H,17,21)(H,18,23). The summed E-state index contributed by atoms with van der Waals surface area (Å²) >= 11 is 6.64. The second-order valence-electron chi connectivity index (χ2n) is 4.81. The van der Waals surface area contributed by atoms with E-state index in [0.717, 1.165) is 4.88 Å². The number of nitrogens with zero attached hydrogens (tertiary/aromatic N) is 2. The zero-order valence-electron chi connectivity index (χ0n) is 12.5. The Morgan fingerprint density at radius 1 is 1.42 bits per heavy atom. The van der Waals surface area contributed by atoms with E-state index in [1.807, 2.05) is 17.5 Å². The number of H-pyrrole nitrogens is 1. The first kappa shape index (κ1) is 16.1. The minimum absolute atomic E-state index is 0.0762. The van der Waals surface area contributed by atoms with Gasteiger partial charge in [-0.25, -0.2) is 0 Å². The number of hydrazine groups is 1. The van der Waals surface area contributed by atoms with Crippen LogP contribution in [0.3, 0.4) is 0 Å². The van der Waals surface area contributed by atoms with Crippen LogP contribution in [0.1, 0.15) is 16.1 Å². The van der Waals surface area contributed by atoms with Gasteiger partial charge < -0.3 is 4.42 Å². The van der Waals surface area contributed by atoms with Crippen molar-refractivity contribution in [2.75, 3.05) is 0 Å². The minimum Gasteiger partial charge on any atom is -0.469 e. The van der Waals surface area contributed by atoms with E-state index in [1.54, 1.807) is 11.5 Å². The van der Waals surface area contributed by atoms with Gasteiger partial charge in [0.2, 0.25) is 0 Å². The van der Waals surface area contributed by atoms with E-state index in [1.165, 1.54) is 23.7 Å². The fourth-order valence-corrected chi connectivity index (χ4v) is 2.97. The van der Waals surface area contributed by atoms with E-state index in [-0.39, 0.29) is 6.54 Å². The zero-order valence-corrected chi connectivity index (χ0v) is 14.2. The first-order valence-corrected chi connectivity index (χ1v) is 8.17. The molecule has 124 valence electrons. The third kappa shape index (κ3) is 3.29. The quantitative estimate of drug-likeness (QED) is 0.486. The van der Waals surface area contributed by atoms with Gasteiger partial charge in [-0.15, -0.1) is 11.3 Å². The maximum absolute atomic E-state index is 12.1. The predicted octanol–water partition coefficient (Wildman–Crippen LogP) is 2.03. The van der Waals surface area contributed by atoms with Gasteiger partial charge in [0.05, 0.1) is 16.7 Å². The zero-order chi connectivity index (χ0) is 17.1. The molecule has 3 rings (SSSR count). The number of carbonyl (C=O) groups excluding carboxylic acids is 2. The van der Waals surface area contributed by atoms with Crippen LogP contribution in [0.5, 0.6) is 0 Å². The number of rotatable bonds is 4. The van der Waals surface area contributed by atoms with Crippen LogP contribution < -0.4 is 10.9 Å². The third-order valence-electron chi connectivity index (χ3n) is 3.22. The maximum atomic E-state index is 12.1. The normalized spacial score (nSPS) is 10.5. The molecule has 0 radical (unpaired) electrons. The Balaban J connectivity index is 1.66. The molecule has 3 heterocycles. The summed E-state index contributed by atoms with van der Waals surface area (Å²) in [6.07, 6.45) is 1.41. The van der Waals surface area contributed by atoms with Gasteiger partial charge in [0.15, 0.2) is 10.6 Å². The van der Waals surface area contributed by atoms with Crippen molar-refractivity contribution in [2.45, 2.75) is 13.5 Å². The topological polar surface area (TPSA) is 105 Å². The van der Waals surface area contributed by atoms with E-state index in [4.69, 9.17) is 16.6 Å². The molecular formula is C14H13N5O3S2. The van der Waals surface area contributed by atoms with E-state index in [2.05, 4.69) is 21.0 Å². The number of aryl methyl sites for hydroxylation is 1. The van der Waals surface area contributed by atoms with Crippen LogP contribution in [0.2, 0.25) is 0 Å². The summed E-state index contributed by atoms with van der Waals surface area (Å²) in [4.78, 5) is 24.9. The van der Waals surface area contributed by atoms with Gasteiger partial charge in [-0.3, -0.25) is 30.1 Å². The minimum atomic E-state index is -0.455. The number of carbonyl (C=O) groups is 2. The largest absolute Gasteiger partial charge is 0.469 e. The van der Waals surface area contributed by atoms with E-state index >= 15 is 0 Å². The van der Waals surface area contributed by atoms with Crippen LogP contribution in [0.25, 0.3) is 10.7 Å². The molecule has 3 N–H and O–H groups in total. The molecule has 2 amide bonds. The van der Waals surface area contributed by atoms with Crippen LogP contribution in [0.15, 0.2) is 34.3 Å². The highest BCUT2D eigenvalue weighted by Crippen LogP contribution is 2.22. The Kier molecular flexibility index (Phi) is 4.58. The second kappa shape index (κ2) is 6.81. The van der Waals surface area contributed by atoms with E-state index in [9.17, 15) is 9.59 Å². The molecular weight excluding hydrogens is 350 g/mol. The number of hydrogen-bond donors (Lipinski definition) is 3. The number of thiophene rings is 1. The van der Waals surface area contributed by atoms with Crippen molar-refractivity contribution in [2.24, 2.45) is 0 Å². The molecule has 0 aliphatic heterocycles. The van der Waals surface area contributed by atoms with Gasteiger partial charge >= 0.3 is 0 Å². The lowest BCUT2D eigenvalue weighted by Crippen LogP contribution is -2.43. The Morgan fingerprint density at radius 3 is 2.92 bits per heavy atom. The van der Waals surface area contributed by atoms with Crippen LogP contribution in [0, 0.1) is 11.7 Å². The molecule has 3 aromatic rings. The van der Waals surface area contributed by atoms with Crippen molar-refractivity contribution in [1.82, 2.24) is 25.6 Å². The van der Waals surface area contributed by atoms with E-state index in [0.29, 0.717) is 21.9 Å². The first-order valence-electron chi connectivity index (χ1n) is 6.88. The average Bonchev–Trinajstić information content (AvgIpc) is 3.28. The Hall–Kier alpha value is -2.72. The van der Waals surface area contributed by atoms with Gasteiger partial charge in [0.1, 0.15) is 12.3 Å². The lowest BCUT2D eigenvalue weighted by Gasteiger charge is -2.08. The van der Waals surface area contributed by atoms with Gasteiger partial charge in [0, 0.05) is 0 Å². The average molecular weight is 363 g/mol. The van der Waals surface area contributed by atoms with Gasteiger partial charge in [-0.05, 0) is 36.7 Å². The van der Waals surface area contributed by atoms with Crippen molar-refractivity contribution in [3.05, 3.63) is 45.9 Å². The Morgan fingerprint density at radius 2 is 2.25 bits per heavy atom. The van der Waals surface area contributed by atoms with Crippen molar-refractivity contribution in [1.29, 1.82) is 0 Å². The number of furan rings is 1. The molecule has 3 aromatic heterocycles. The fourth-order valence-electron chi connectivity index (χ4n) is 2.06. The van der Waals surface area contributed by atoms with Crippen LogP contribution >= 0.6 is 23.6 Å². The summed E-state index contributed by atoms with van der Waals surface area (Å²) in [7, 11) is 0. The monoisotopic (exact) mass is 363 g/mol. The molecule has 8 nitrogen and oxygen atoms in total. The molecule has 0 aliphatic rings. The van der Waals surface area contributed by atoms with Crippen LogP contribution in [-0.2, 0) is 11.3 Å². The number of aromatic nitrogens is 3. The summed E-state index contributed by atoms with van der Waals surface area (Å²) in [6.45, 7) is 1.59.